The molecular formula is C12H22N2O. The third-order valence-corrected chi connectivity index (χ3v) is 3.92. The van der Waals surface area contributed by atoms with Gasteiger partial charge in [-0.1, -0.05) is 6.92 Å². The Morgan fingerprint density at radius 1 is 1.33 bits per heavy atom. The van der Waals surface area contributed by atoms with Crippen molar-refractivity contribution in [2.24, 2.45) is 5.41 Å². The molecule has 86 valence electrons. The van der Waals surface area contributed by atoms with Gasteiger partial charge in [0.1, 0.15) is 0 Å². The van der Waals surface area contributed by atoms with Crippen LogP contribution in [-0.2, 0) is 4.79 Å². The summed E-state index contributed by atoms with van der Waals surface area (Å²) in [5.41, 5.74) is 0.467. The van der Waals surface area contributed by atoms with Crippen LogP contribution in [0.15, 0.2) is 0 Å². The van der Waals surface area contributed by atoms with Crippen LogP contribution in [0.3, 0.4) is 0 Å². The lowest BCUT2D eigenvalue weighted by atomic mass is 9.78. The standard InChI is InChI=1S/C12H22N2O/c1-2-3-11(15)14-9-6-12(10-14)4-7-13-8-5-12/h13H,2-10H2,1H3. The SMILES string of the molecule is CCCC(=O)N1CCC2(CCNCC2)C1. The van der Waals surface area contributed by atoms with E-state index < -0.39 is 0 Å². The number of amides is 1. The van der Waals surface area contributed by atoms with Crippen LogP contribution in [0.1, 0.15) is 39.0 Å². The van der Waals surface area contributed by atoms with Gasteiger partial charge in [0.2, 0.25) is 5.91 Å². The first-order valence-electron chi connectivity index (χ1n) is 6.24. The molecule has 0 bridgehead atoms. The van der Waals surface area contributed by atoms with E-state index in [9.17, 15) is 4.79 Å². The molecule has 2 rings (SSSR count). The summed E-state index contributed by atoms with van der Waals surface area (Å²) >= 11 is 0. The highest BCUT2D eigenvalue weighted by molar-refractivity contribution is 5.76. The molecule has 0 aromatic heterocycles. The molecule has 0 radical (unpaired) electrons. The van der Waals surface area contributed by atoms with Crippen LogP contribution in [0.4, 0.5) is 0 Å². The fourth-order valence-electron chi connectivity index (χ4n) is 2.89. The molecule has 0 aromatic rings. The van der Waals surface area contributed by atoms with Crippen molar-refractivity contribution < 1.29 is 4.79 Å². The normalized spacial score (nSPS) is 24.7. The second-order valence-electron chi connectivity index (χ2n) is 5.07. The van der Waals surface area contributed by atoms with Crippen molar-refractivity contribution in [1.29, 1.82) is 0 Å². The first-order valence-corrected chi connectivity index (χ1v) is 6.24. The third kappa shape index (κ3) is 2.33. The van der Waals surface area contributed by atoms with Gasteiger partial charge in [0.25, 0.3) is 0 Å². The molecule has 0 atom stereocenters. The van der Waals surface area contributed by atoms with Gasteiger partial charge in [-0.25, -0.2) is 0 Å². The van der Waals surface area contributed by atoms with Crippen molar-refractivity contribution in [3.63, 3.8) is 0 Å². The van der Waals surface area contributed by atoms with Gasteiger partial charge in [0.15, 0.2) is 0 Å². The van der Waals surface area contributed by atoms with E-state index >= 15 is 0 Å². The average Bonchev–Trinajstić information content (AvgIpc) is 2.64. The highest BCUT2D eigenvalue weighted by Gasteiger charge is 2.39. The van der Waals surface area contributed by atoms with E-state index in [0.29, 0.717) is 11.3 Å². The summed E-state index contributed by atoms with van der Waals surface area (Å²) in [6.07, 6.45) is 5.44. The summed E-state index contributed by atoms with van der Waals surface area (Å²) in [4.78, 5) is 13.9. The zero-order chi connectivity index (χ0) is 10.7. The van der Waals surface area contributed by atoms with Gasteiger partial charge in [-0.05, 0) is 44.2 Å². The lowest BCUT2D eigenvalue weighted by molar-refractivity contribution is -0.130. The second kappa shape index (κ2) is 4.52. The van der Waals surface area contributed by atoms with Gasteiger partial charge in [-0.15, -0.1) is 0 Å². The molecule has 2 heterocycles. The van der Waals surface area contributed by atoms with Crippen molar-refractivity contribution >= 4 is 5.91 Å². The minimum atomic E-state index is 0.368. The summed E-state index contributed by atoms with van der Waals surface area (Å²) in [5, 5.41) is 3.40. The van der Waals surface area contributed by atoms with Crippen LogP contribution in [0.5, 0.6) is 0 Å². The van der Waals surface area contributed by atoms with E-state index in [2.05, 4.69) is 17.1 Å². The van der Waals surface area contributed by atoms with Crippen molar-refractivity contribution in [1.82, 2.24) is 10.2 Å². The third-order valence-electron chi connectivity index (χ3n) is 3.92. The van der Waals surface area contributed by atoms with E-state index in [-0.39, 0.29) is 0 Å². The van der Waals surface area contributed by atoms with Crippen molar-refractivity contribution in [3.05, 3.63) is 0 Å². The maximum atomic E-state index is 11.8. The molecule has 1 spiro atoms. The van der Waals surface area contributed by atoms with Gasteiger partial charge < -0.3 is 10.2 Å². The lowest BCUT2D eigenvalue weighted by Crippen LogP contribution is -2.39. The van der Waals surface area contributed by atoms with Gasteiger partial charge in [0, 0.05) is 19.5 Å². The predicted molar refractivity (Wildman–Crippen MR) is 60.6 cm³/mol. The number of likely N-dealkylation sites (tertiary alicyclic amines) is 1. The Morgan fingerprint density at radius 2 is 2.07 bits per heavy atom. The number of nitrogens with zero attached hydrogens (tertiary/aromatic N) is 1. The van der Waals surface area contributed by atoms with Crippen LogP contribution >= 0.6 is 0 Å². The number of rotatable bonds is 2. The van der Waals surface area contributed by atoms with Crippen molar-refractivity contribution in [2.75, 3.05) is 26.2 Å². The molecule has 1 amide bonds. The monoisotopic (exact) mass is 210 g/mol. The van der Waals surface area contributed by atoms with E-state index in [1.54, 1.807) is 0 Å². The van der Waals surface area contributed by atoms with Gasteiger partial charge in [-0.2, -0.15) is 0 Å². The minimum Gasteiger partial charge on any atom is -0.342 e. The molecule has 2 saturated heterocycles. The van der Waals surface area contributed by atoms with Crippen LogP contribution in [0, 0.1) is 5.41 Å². The smallest absolute Gasteiger partial charge is 0.222 e. The van der Waals surface area contributed by atoms with E-state index in [0.717, 1.165) is 39.0 Å². The zero-order valence-corrected chi connectivity index (χ0v) is 9.72. The average molecular weight is 210 g/mol. The number of piperidine rings is 1. The van der Waals surface area contributed by atoms with Crippen LogP contribution in [0.2, 0.25) is 0 Å². The number of hydrogen-bond donors (Lipinski definition) is 1. The molecule has 1 N–H and O–H groups in total. The number of hydrogen-bond acceptors (Lipinski definition) is 2. The molecule has 2 fully saturated rings. The number of carbonyl (C=O) groups is 1. The largest absolute Gasteiger partial charge is 0.342 e. The number of nitrogens with one attached hydrogen (secondary N) is 1. The van der Waals surface area contributed by atoms with E-state index in [1.165, 1.54) is 19.3 Å². The molecular weight excluding hydrogens is 188 g/mol. The highest BCUT2D eigenvalue weighted by Crippen LogP contribution is 2.38. The molecule has 15 heavy (non-hydrogen) atoms. The Labute approximate surface area is 92.2 Å². The fourth-order valence-corrected chi connectivity index (χ4v) is 2.89. The van der Waals surface area contributed by atoms with Crippen LogP contribution < -0.4 is 5.32 Å². The summed E-state index contributed by atoms with van der Waals surface area (Å²) in [7, 11) is 0. The molecule has 2 aliphatic heterocycles. The minimum absolute atomic E-state index is 0.368. The van der Waals surface area contributed by atoms with E-state index in [4.69, 9.17) is 0 Å². The maximum Gasteiger partial charge on any atom is 0.222 e. The Morgan fingerprint density at radius 3 is 2.73 bits per heavy atom. The molecule has 3 nitrogen and oxygen atoms in total. The molecule has 0 aliphatic carbocycles. The fraction of sp³-hybridized carbons (Fsp3) is 0.917. The van der Waals surface area contributed by atoms with Gasteiger partial charge in [0.05, 0.1) is 0 Å². The van der Waals surface area contributed by atoms with Crippen LogP contribution in [0.25, 0.3) is 0 Å². The first-order chi connectivity index (χ1) is 7.26. The summed E-state index contributed by atoms with van der Waals surface area (Å²) in [6, 6.07) is 0. The summed E-state index contributed by atoms with van der Waals surface area (Å²) in [6.45, 7) is 6.37. The Bertz CT molecular complexity index is 234. The molecule has 2 aliphatic rings. The zero-order valence-electron chi connectivity index (χ0n) is 9.72. The van der Waals surface area contributed by atoms with Gasteiger partial charge >= 0.3 is 0 Å². The summed E-state index contributed by atoms with van der Waals surface area (Å²) < 4.78 is 0. The topological polar surface area (TPSA) is 32.3 Å². The maximum absolute atomic E-state index is 11.8. The van der Waals surface area contributed by atoms with Crippen molar-refractivity contribution in [3.8, 4) is 0 Å². The lowest BCUT2D eigenvalue weighted by Gasteiger charge is -2.33. The van der Waals surface area contributed by atoms with Crippen LogP contribution in [-0.4, -0.2) is 37.0 Å². The second-order valence-corrected chi connectivity index (χ2v) is 5.07. The first kappa shape index (κ1) is 10.9. The van der Waals surface area contributed by atoms with Crippen molar-refractivity contribution in [2.45, 2.75) is 39.0 Å². The van der Waals surface area contributed by atoms with Gasteiger partial charge in [-0.3, -0.25) is 4.79 Å². The Kier molecular flexibility index (Phi) is 3.29. The quantitative estimate of drug-likeness (QED) is 0.747. The summed E-state index contributed by atoms with van der Waals surface area (Å²) in [5.74, 6) is 0.368. The Hall–Kier alpha value is -0.570. The molecule has 3 heteroatoms. The molecule has 0 unspecified atom stereocenters. The number of carbonyl (C=O) groups excluding carboxylic acids is 1. The van der Waals surface area contributed by atoms with E-state index in [1.807, 2.05) is 0 Å². The Balaban J connectivity index is 1.90. The molecule has 0 saturated carbocycles. The predicted octanol–water partition coefficient (Wildman–Crippen LogP) is 1.39. The molecule has 0 aromatic carbocycles. The highest BCUT2D eigenvalue weighted by atomic mass is 16.2.